The fourth-order valence-corrected chi connectivity index (χ4v) is 9.82. The molecular formula is C45H54N8O7. The van der Waals surface area contributed by atoms with E-state index in [1.165, 1.54) is 14.2 Å². The molecule has 4 aromatic rings. The average molecular weight is 819 g/mol. The van der Waals surface area contributed by atoms with Crippen molar-refractivity contribution in [2.75, 3.05) is 27.3 Å². The Morgan fingerprint density at radius 3 is 1.60 bits per heavy atom. The van der Waals surface area contributed by atoms with Crippen LogP contribution in [0, 0.1) is 11.8 Å². The molecule has 2 aromatic carbocycles. The van der Waals surface area contributed by atoms with Crippen molar-refractivity contribution in [3.05, 3.63) is 71.6 Å². The topological polar surface area (TPSA) is 192 Å². The second-order valence-corrected chi connectivity index (χ2v) is 17.1. The Morgan fingerprint density at radius 1 is 0.650 bits per heavy atom. The van der Waals surface area contributed by atoms with Crippen molar-refractivity contribution in [2.45, 2.75) is 102 Å². The monoisotopic (exact) mass is 818 g/mol. The summed E-state index contributed by atoms with van der Waals surface area (Å²) in [5.74, 6) is 0.738. The number of methoxy groups -OCH3 is 2. The number of rotatable bonds is 11. The van der Waals surface area contributed by atoms with Crippen LogP contribution in [0.1, 0.15) is 113 Å². The molecule has 6 unspecified atom stereocenters. The Labute approximate surface area is 349 Å². The van der Waals surface area contributed by atoms with Gasteiger partial charge in [-0.05, 0) is 78.2 Å². The lowest BCUT2D eigenvalue weighted by Crippen LogP contribution is -2.51. The molecule has 2 saturated heterocycles. The van der Waals surface area contributed by atoms with Crippen LogP contribution in [0.4, 0.5) is 9.59 Å². The molecule has 60 heavy (non-hydrogen) atoms. The molecule has 0 radical (unpaired) electrons. The molecule has 316 valence electrons. The molecule has 4 amide bonds. The van der Waals surface area contributed by atoms with Gasteiger partial charge in [0.2, 0.25) is 11.8 Å². The predicted molar refractivity (Wildman–Crippen MR) is 222 cm³/mol. The quantitative estimate of drug-likeness (QED) is 0.127. The number of hydrogen-bond acceptors (Lipinski definition) is 9. The van der Waals surface area contributed by atoms with Crippen LogP contribution in [-0.2, 0) is 23.9 Å². The van der Waals surface area contributed by atoms with E-state index < -0.39 is 24.3 Å². The summed E-state index contributed by atoms with van der Waals surface area (Å²) in [4.78, 5) is 85.3. The normalized spacial score (nSPS) is 21.7. The van der Waals surface area contributed by atoms with E-state index in [9.17, 15) is 24.0 Å². The van der Waals surface area contributed by atoms with Gasteiger partial charge in [-0.3, -0.25) is 14.4 Å². The van der Waals surface area contributed by atoms with Gasteiger partial charge in [0.15, 0.2) is 0 Å². The molecule has 15 heteroatoms. The molecule has 4 N–H and O–H groups in total. The van der Waals surface area contributed by atoms with E-state index in [1.807, 2.05) is 33.9 Å². The van der Waals surface area contributed by atoms with Crippen molar-refractivity contribution in [1.29, 1.82) is 0 Å². The Kier molecular flexibility index (Phi) is 11.3. The van der Waals surface area contributed by atoms with E-state index in [1.54, 1.807) is 16.0 Å². The first kappa shape index (κ1) is 40.8. The number of aromatic amines is 2. The summed E-state index contributed by atoms with van der Waals surface area (Å²) in [6.45, 7) is 8.72. The lowest BCUT2D eigenvalue weighted by atomic mass is 9.82. The van der Waals surface area contributed by atoms with Crippen LogP contribution in [0.2, 0.25) is 0 Å². The zero-order valence-electron chi connectivity index (χ0n) is 35.0. The van der Waals surface area contributed by atoms with Gasteiger partial charge in [0.25, 0.3) is 0 Å². The predicted octanol–water partition coefficient (Wildman–Crippen LogP) is 6.77. The van der Waals surface area contributed by atoms with Crippen molar-refractivity contribution < 1.29 is 33.4 Å². The molecule has 0 spiro atoms. The van der Waals surface area contributed by atoms with Crippen molar-refractivity contribution in [1.82, 2.24) is 40.4 Å². The Bertz CT molecular complexity index is 2300. The highest BCUT2D eigenvalue weighted by atomic mass is 16.5. The number of ether oxygens (including phenoxy) is 2. The van der Waals surface area contributed by atoms with Crippen LogP contribution >= 0.6 is 0 Å². The highest BCUT2D eigenvalue weighted by Gasteiger charge is 2.48. The van der Waals surface area contributed by atoms with Gasteiger partial charge in [0.05, 0.1) is 50.1 Å². The molecule has 3 fully saturated rings. The number of hydrogen-bond donors (Lipinski definition) is 4. The fourth-order valence-electron chi connectivity index (χ4n) is 9.82. The van der Waals surface area contributed by atoms with Gasteiger partial charge in [-0.15, -0.1) is 0 Å². The number of nitrogens with one attached hydrogen (secondary N) is 4. The number of alkyl carbamates (subject to hydrolysis) is 2. The van der Waals surface area contributed by atoms with Gasteiger partial charge < -0.3 is 39.9 Å². The Hall–Kier alpha value is -5.99. The number of imidazole rings is 2. The maximum atomic E-state index is 13.8. The molecule has 6 atom stereocenters. The third-order valence-electron chi connectivity index (χ3n) is 12.9. The lowest BCUT2D eigenvalue weighted by molar-refractivity contribution is -0.136. The van der Waals surface area contributed by atoms with Gasteiger partial charge in [0.1, 0.15) is 29.5 Å². The van der Waals surface area contributed by atoms with Gasteiger partial charge in [-0.1, -0.05) is 64.1 Å². The SMILES string of the molecule is COC(=O)NC(C(=O)N1CCCC1c1ncc(-c2ccc(-c3ccc(-c4cnc(C5CCCN5C(=O)C(NC(=O)OC)C(C)C)[nH]4)c4c3C3CCC4C3=O)cc2)[nH]1)C(C)C. The highest BCUT2D eigenvalue weighted by molar-refractivity contribution is 6.03. The maximum absolute atomic E-state index is 13.8. The van der Waals surface area contributed by atoms with E-state index in [4.69, 9.17) is 19.4 Å². The second kappa shape index (κ2) is 16.6. The summed E-state index contributed by atoms with van der Waals surface area (Å²) in [6, 6.07) is 10.5. The molecule has 2 aromatic heterocycles. The number of ketones is 1. The summed E-state index contributed by atoms with van der Waals surface area (Å²) in [7, 11) is 2.57. The van der Waals surface area contributed by atoms with E-state index in [0.717, 1.165) is 83.3 Å². The molecule has 2 aliphatic heterocycles. The first-order chi connectivity index (χ1) is 28.9. The minimum atomic E-state index is -0.724. The number of benzene rings is 2. The van der Waals surface area contributed by atoms with Crippen molar-refractivity contribution in [3.8, 4) is 33.6 Å². The number of H-pyrrole nitrogens is 2. The lowest BCUT2D eigenvalue weighted by Gasteiger charge is -2.30. The standard InChI is InChI=1S/C45H54N8O7/c1-23(2)37(50-44(57)59-5)42(55)52-19-7-9-33(52)40-46-21-31(48-40)26-13-11-25(12-14-26)27-15-16-28(36-30-18-17-29(35(27)36)39(30)54)32-22-47-41(49-32)34-10-8-20-53(34)43(56)38(24(3)4)51-45(58)60-6/h11-16,21-24,29-30,33-34,37-38H,7-10,17-20H2,1-6H3,(H,46,48)(H,47,49)(H,50,57)(H,51,58). The van der Waals surface area contributed by atoms with Crippen molar-refractivity contribution in [3.63, 3.8) is 0 Å². The van der Waals surface area contributed by atoms with Crippen molar-refractivity contribution >= 4 is 29.8 Å². The number of Topliss-reactive ketones (excluding diaryl/α,β-unsaturated/α-hetero) is 1. The smallest absolute Gasteiger partial charge is 0.407 e. The molecule has 4 heterocycles. The number of carbonyl (C=O) groups excluding carboxylic acids is 5. The molecule has 1 saturated carbocycles. The number of fused-ring (bicyclic) bond motifs is 5. The van der Waals surface area contributed by atoms with Gasteiger partial charge in [-0.25, -0.2) is 19.6 Å². The summed E-state index contributed by atoms with van der Waals surface area (Å²) in [5.41, 5.74) is 7.73. The molecule has 4 aliphatic rings. The van der Waals surface area contributed by atoms with E-state index in [0.29, 0.717) is 24.7 Å². The first-order valence-electron chi connectivity index (χ1n) is 21.1. The Balaban J connectivity index is 1.03. The van der Waals surface area contributed by atoms with Gasteiger partial charge in [-0.2, -0.15) is 0 Å². The average Bonchev–Trinajstić information content (AvgIpc) is 4.12. The first-order valence-corrected chi connectivity index (χ1v) is 21.1. The number of amides is 4. The molecule has 8 rings (SSSR count). The summed E-state index contributed by atoms with van der Waals surface area (Å²) >= 11 is 0. The van der Waals surface area contributed by atoms with Crippen LogP contribution in [0.25, 0.3) is 33.6 Å². The minimum Gasteiger partial charge on any atom is -0.453 e. The molecule has 15 nitrogen and oxygen atoms in total. The zero-order valence-corrected chi connectivity index (χ0v) is 35.0. The van der Waals surface area contributed by atoms with Crippen LogP contribution < -0.4 is 10.6 Å². The second-order valence-electron chi connectivity index (χ2n) is 17.1. The summed E-state index contributed by atoms with van der Waals surface area (Å²) in [5, 5.41) is 5.41. The van der Waals surface area contributed by atoms with Crippen LogP contribution in [0.3, 0.4) is 0 Å². The van der Waals surface area contributed by atoms with Crippen LogP contribution in [0.15, 0.2) is 48.8 Å². The molecular weight excluding hydrogens is 765 g/mol. The summed E-state index contributed by atoms with van der Waals surface area (Å²) < 4.78 is 9.57. The largest absolute Gasteiger partial charge is 0.453 e. The number of aromatic nitrogens is 4. The van der Waals surface area contributed by atoms with Gasteiger partial charge in [0, 0.05) is 30.5 Å². The number of nitrogens with zero attached hydrogens (tertiary/aromatic N) is 4. The van der Waals surface area contributed by atoms with Crippen LogP contribution in [0.5, 0.6) is 0 Å². The Morgan fingerprint density at radius 2 is 1.10 bits per heavy atom. The third-order valence-corrected chi connectivity index (χ3v) is 12.9. The molecule has 2 bridgehead atoms. The summed E-state index contributed by atoms with van der Waals surface area (Å²) in [6.07, 6.45) is 7.11. The zero-order chi connectivity index (χ0) is 42.4. The van der Waals surface area contributed by atoms with Crippen molar-refractivity contribution in [2.24, 2.45) is 11.8 Å². The van der Waals surface area contributed by atoms with Crippen LogP contribution in [-0.4, -0.2) is 98.9 Å². The minimum absolute atomic E-state index is 0.123. The number of likely N-dealkylation sites (tertiary alicyclic amines) is 2. The highest BCUT2D eigenvalue weighted by Crippen LogP contribution is 2.56. The fraction of sp³-hybridized carbons (Fsp3) is 0.489. The van der Waals surface area contributed by atoms with E-state index >= 15 is 0 Å². The number of carbonyl (C=O) groups is 5. The molecule has 2 aliphatic carbocycles. The maximum Gasteiger partial charge on any atom is 0.407 e. The van der Waals surface area contributed by atoms with Gasteiger partial charge >= 0.3 is 12.2 Å². The third kappa shape index (κ3) is 7.32. The van der Waals surface area contributed by atoms with E-state index in [-0.39, 0.29) is 53.4 Å². The van der Waals surface area contributed by atoms with E-state index in [2.05, 4.69) is 57.0 Å².